The molecule has 96 valence electrons. The second-order valence-electron chi connectivity index (χ2n) is 3.53. The maximum Gasteiger partial charge on any atom is 0.255 e. The standard InChI is InChI=1S/C10H16F2N4S/c1-7-15-8(6-17-7)5-16(3)10(13-2)14-4-9(11)12/h6,9H,4-5H2,1-3H3,(H,13,14). The quantitative estimate of drug-likeness (QED) is 0.663. The molecule has 0 fully saturated rings. The summed E-state index contributed by atoms with van der Waals surface area (Å²) in [5.41, 5.74) is 0.912. The van der Waals surface area contributed by atoms with E-state index in [2.05, 4.69) is 15.3 Å². The summed E-state index contributed by atoms with van der Waals surface area (Å²) >= 11 is 1.57. The lowest BCUT2D eigenvalue weighted by Gasteiger charge is -2.20. The first-order chi connectivity index (χ1) is 8.02. The molecular formula is C10H16F2N4S. The van der Waals surface area contributed by atoms with Crippen molar-refractivity contribution in [2.45, 2.75) is 19.9 Å². The highest BCUT2D eigenvalue weighted by Gasteiger charge is 2.10. The van der Waals surface area contributed by atoms with E-state index >= 15 is 0 Å². The van der Waals surface area contributed by atoms with Gasteiger partial charge in [-0.2, -0.15) is 0 Å². The molecule has 0 aliphatic rings. The lowest BCUT2D eigenvalue weighted by Crippen LogP contribution is -2.40. The summed E-state index contributed by atoms with van der Waals surface area (Å²) in [4.78, 5) is 10.0. The molecule has 17 heavy (non-hydrogen) atoms. The Bertz CT molecular complexity index is 378. The van der Waals surface area contributed by atoms with Gasteiger partial charge in [-0.05, 0) is 6.92 Å². The van der Waals surface area contributed by atoms with Crippen molar-refractivity contribution < 1.29 is 8.78 Å². The van der Waals surface area contributed by atoms with E-state index < -0.39 is 13.0 Å². The van der Waals surface area contributed by atoms with E-state index in [0.717, 1.165) is 10.7 Å². The summed E-state index contributed by atoms with van der Waals surface area (Å²) in [6, 6.07) is 0. The topological polar surface area (TPSA) is 40.5 Å². The lowest BCUT2D eigenvalue weighted by atomic mass is 10.4. The predicted octanol–water partition coefficient (Wildman–Crippen LogP) is 1.72. The number of aliphatic imine (C=N–C) groups is 1. The number of rotatable bonds is 4. The molecular weight excluding hydrogens is 246 g/mol. The van der Waals surface area contributed by atoms with E-state index in [-0.39, 0.29) is 0 Å². The highest BCUT2D eigenvalue weighted by Crippen LogP contribution is 2.09. The number of hydrogen-bond donors (Lipinski definition) is 1. The minimum absolute atomic E-state index is 0.396. The number of alkyl halides is 2. The normalized spacial score (nSPS) is 12.0. The Morgan fingerprint density at radius 1 is 1.65 bits per heavy atom. The SMILES string of the molecule is CN=C(NCC(F)F)N(C)Cc1csc(C)n1. The van der Waals surface area contributed by atoms with Crippen LogP contribution in [0.15, 0.2) is 10.4 Å². The Labute approximate surface area is 103 Å². The number of halogens is 2. The van der Waals surface area contributed by atoms with Crippen molar-refractivity contribution in [2.24, 2.45) is 4.99 Å². The summed E-state index contributed by atoms with van der Waals surface area (Å²) in [7, 11) is 3.35. The van der Waals surface area contributed by atoms with Gasteiger partial charge in [-0.1, -0.05) is 0 Å². The molecule has 4 nitrogen and oxygen atoms in total. The average molecular weight is 262 g/mol. The maximum absolute atomic E-state index is 12.1. The van der Waals surface area contributed by atoms with E-state index in [1.807, 2.05) is 12.3 Å². The van der Waals surface area contributed by atoms with Gasteiger partial charge in [0.25, 0.3) is 6.43 Å². The number of thiazole rings is 1. The molecule has 0 atom stereocenters. The van der Waals surface area contributed by atoms with Crippen LogP contribution >= 0.6 is 11.3 Å². The van der Waals surface area contributed by atoms with Crippen LogP contribution in [0, 0.1) is 6.92 Å². The average Bonchev–Trinajstić information content (AvgIpc) is 2.64. The molecule has 1 rings (SSSR count). The Balaban J connectivity index is 2.52. The van der Waals surface area contributed by atoms with Crippen LogP contribution in [0.1, 0.15) is 10.7 Å². The fourth-order valence-corrected chi connectivity index (χ4v) is 1.96. The zero-order valence-corrected chi connectivity index (χ0v) is 10.9. The van der Waals surface area contributed by atoms with Gasteiger partial charge in [0, 0.05) is 19.5 Å². The van der Waals surface area contributed by atoms with Crippen LogP contribution in [-0.2, 0) is 6.54 Å². The van der Waals surface area contributed by atoms with Crippen molar-refractivity contribution >= 4 is 17.3 Å². The number of nitrogens with zero attached hydrogens (tertiary/aromatic N) is 3. The summed E-state index contributed by atoms with van der Waals surface area (Å²) in [6.45, 7) is 2.08. The van der Waals surface area contributed by atoms with Crippen molar-refractivity contribution in [3.05, 3.63) is 16.1 Å². The molecule has 0 saturated heterocycles. The Hall–Kier alpha value is -1.24. The van der Waals surface area contributed by atoms with Gasteiger partial charge in [-0.25, -0.2) is 13.8 Å². The highest BCUT2D eigenvalue weighted by atomic mass is 32.1. The second kappa shape index (κ2) is 6.48. The van der Waals surface area contributed by atoms with Gasteiger partial charge in [-0.15, -0.1) is 11.3 Å². The first-order valence-electron chi connectivity index (χ1n) is 5.14. The smallest absolute Gasteiger partial charge is 0.255 e. The Morgan fingerprint density at radius 3 is 2.82 bits per heavy atom. The van der Waals surface area contributed by atoms with Crippen LogP contribution in [0.25, 0.3) is 0 Å². The number of nitrogens with one attached hydrogen (secondary N) is 1. The molecule has 1 N–H and O–H groups in total. The van der Waals surface area contributed by atoms with E-state index in [9.17, 15) is 8.78 Å². The fraction of sp³-hybridized carbons (Fsp3) is 0.600. The third kappa shape index (κ3) is 4.64. The van der Waals surface area contributed by atoms with Crippen molar-refractivity contribution in [1.29, 1.82) is 0 Å². The first-order valence-corrected chi connectivity index (χ1v) is 6.02. The lowest BCUT2D eigenvalue weighted by molar-refractivity contribution is 0.151. The molecule has 0 radical (unpaired) electrons. The van der Waals surface area contributed by atoms with E-state index in [1.54, 1.807) is 30.3 Å². The summed E-state index contributed by atoms with van der Waals surface area (Å²) in [5, 5.41) is 5.54. The molecule has 0 amide bonds. The van der Waals surface area contributed by atoms with Crippen molar-refractivity contribution in [2.75, 3.05) is 20.6 Å². The highest BCUT2D eigenvalue weighted by molar-refractivity contribution is 7.09. The van der Waals surface area contributed by atoms with Gasteiger partial charge in [0.1, 0.15) is 0 Å². The zero-order chi connectivity index (χ0) is 12.8. The largest absolute Gasteiger partial charge is 0.351 e. The van der Waals surface area contributed by atoms with E-state index in [4.69, 9.17) is 0 Å². The summed E-state index contributed by atoms with van der Waals surface area (Å²) < 4.78 is 24.2. The van der Waals surface area contributed by atoms with Crippen molar-refractivity contribution in [1.82, 2.24) is 15.2 Å². The molecule has 0 aliphatic heterocycles. The number of aryl methyl sites for hydroxylation is 1. The van der Waals surface area contributed by atoms with Crippen molar-refractivity contribution in [3.8, 4) is 0 Å². The molecule has 0 aromatic carbocycles. The molecule has 1 aromatic heterocycles. The van der Waals surface area contributed by atoms with Crippen LogP contribution in [0.5, 0.6) is 0 Å². The molecule has 0 spiro atoms. The van der Waals surface area contributed by atoms with Gasteiger partial charge in [-0.3, -0.25) is 4.99 Å². The van der Waals surface area contributed by atoms with Crippen LogP contribution in [0.4, 0.5) is 8.78 Å². The van der Waals surface area contributed by atoms with Crippen molar-refractivity contribution in [3.63, 3.8) is 0 Å². The maximum atomic E-state index is 12.1. The van der Waals surface area contributed by atoms with Crippen LogP contribution < -0.4 is 5.32 Å². The summed E-state index contributed by atoms with van der Waals surface area (Å²) in [6.07, 6.45) is -2.39. The Morgan fingerprint density at radius 2 is 2.35 bits per heavy atom. The van der Waals surface area contributed by atoms with Crippen LogP contribution in [-0.4, -0.2) is 42.9 Å². The molecule has 0 aliphatic carbocycles. The minimum atomic E-state index is -2.39. The van der Waals surface area contributed by atoms with Crippen LogP contribution in [0.3, 0.4) is 0 Å². The third-order valence-corrected chi connectivity index (χ3v) is 2.88. The number of guanidine groups is 1. The van der Waals surface area contributed by atoms with Gasteiger partial charge in [0.05, 0.1) is 23.8 Å². The van der Waals surface area contributed by atoms with Gasteiger partial charge in [0.15, 0.2) is 5.96 Å². The number of hydrogen-bond acceptors (Lipinski definition) is 3. The van der Waals surface area contributed by atoms with E-state index in [0.29, 0.717) is 12.5 Å². The molecule has 1 heterocycles. The fourth-order valence-electron chi connectivity index (χ4n) is 1.35. The first kappa shape index (κ1) is 13.8. The molecule has 0 saturated carbocycles. The van der Waals surface area contributed by atoms with Gasteiger partial charge in [0.2, 0.25) is 0 Å². The minimum Gasteiger partial charge on any atom is -0.351 e. The predicted molar refractivity (Wildman–Crippen MR) is 65.7 cm³/mol. The van der Waals surface area contributed by atoms with Gasteiger partial charge >= 0.3 is 0 Å². The van der Waals surface area contributed by atoms with E-state index in [1.165, 1.54) is 0 Å². The molecule has 0 bridgehead atoms. The van der Waals surface area contributed by atoms with Crippen LogP contribution in [0.2, 0.25) is 0 Å². The monoisotopic (exact) mass is 262 g/mol. The molecule has 1 aromatic rings. The third-order valence-electron chi connectivity index (χ3n) is 2.05. The Kier molecular flexibility index (Phi) is 5.27. The number of aromatic nitrogens is 1. The molecule has 7 heteroatoms. The zero-order valence-electron chi connectivity index (χ0n) is 10.1. The summed E-state index contributed by atoms with van der Waals surface area (Å²) in [5.74, 6) is 0.441. The second-order valence-corrected chi connectivity index (χ2v) is 4.60. The molecule has 0 unspecified atom stereocenters. The van der Waals surface area contributed by atoms with Gasteiger partial charge < -0.3 is 10.2 Å².